The maximum atomic E-state index is 12.2. The fourth-order valence-electron chi connectivity index (χ4n) is 2.90. The maximum absolute atomic E-state index is 12.2. The number of aryl methyl sites for hydroxylation is 1. The second-order valence-corrected chi connectivity index (χ2v) is 8.39. The first kappa shape index (κ1) is 18.5. The van der Waals surface area contributed by atoms with Gasteiger partial charge in [0.2, 0.25) is 5.82 Å². The van der Waals surface area contributed by atoms with Crippen LogP contribution in [0, 0.1) is 6.92 Å². The van der Waals surface area contributed by atoms with E-state index >= 15 is 0 Å². The van der Waals surface area contributed by atoms with E-state index in [1.54, 1.807) is 47.2 Å². The first-order valence-electron chi connectivity index (χ1n) is 8.86. The Balaban J connectivity index is 1.23. The highest BCUT2D eigenvalue weighted by atomic mass is 32.1. The van der Waals surface area contributed by atoms with Gasteiger partial charge in [0.25, 0.3) is 5.91 Å². The number of hydrogen-bond acceptors (Lipinski definition) is 10. The molecule has 0 aliphatic carbocycles. The van der Waals surface area contributed by atoms with E-state index in [0.29, 0.717) is 11.6 Å². The van der Waals surface area contributed by atoms with Crippen LogP contribution in [-0.4, -0.2) is 32.6 Å². The van der Waals surface area contributed by atoms with E-state index in [2.05, 4.69) is 31.0 Å². The number of carbonyl (C=O) groups is 1. The molecule has 5 aromatic rings. The van der Waals surface area contributed by atoms with Crippen LogP contribution >= 0.6 is 22.7 Å². The fourth-order valence-corrected chi connectivity index (χ4v) is 4.73. The monoisotopic (exact) mass is 438 g/mol. The van der Waals surface area contributed by atoms with Gasteiger partial charge in [-0.05, 0) is 30.5 Å². The molecule has 0 unspecified atom stereocenters. The van der Waals surface area contributed by atoms with Gasteiger partial charge in [-0.1, -0.05) is 5.16 Å². The van der Waals surface area contributed by atoms with Gasteiger partial charge in [-0.25, -0.2) is 10.4 Å². The van der Waals surface area contributed by atoms with Crippen molar-refractivity contribution >= 4 is 54.9 Å². The number of nitrogens with zero attached hydrogens (tertiary/aromatic N) is 4. The van der Waals surface area contributed by atoms with Crippen LogP contribution in [0.3, 0.4) is 0 Å². The number of thiophene rings is 1. The predicted molar refractivity (Wildman–Crippen MR) is 115 cm³/mol. The third-order valence-corrected chi connectivity index (χ3v) is 6.04. The number of benzene rings is 1. The quantitative estimate of drug-likeness (QED) is 0.385. The number of rotatable bonds is 6. The number of hydrogen-bond donors (Lipinski definition) is 2. The molecule has 11 heteroatoms. The third-order valence-electron chi connectivity index (χ3n) is 4.20. The normalized spacial score (nSPS) is 11.1. The fraction of sp³-hybridized carbons (Fsp3) is 0.105. The summed E-state index contributed by atoms with van der Waals surface area (Å²) in [5, 5.41) is 7.78. The second-order valence-electron chi connectivity index (χ2n) is 6.24. The van der Waals surface area contributed by atoms with E-state index in [9.17, 15) is 4.79 Å². The van der Waals surface area contributed by atoms with E-state index in [0.717, 1.165) is 30.9 Å². The van der Waals surface area contributed by atoms with Crippen molar-refractivity contribution in [3.63, 3.8) is 0 Å². The number of ether oxygens (including phenoxy) is 1. The molecule has 5 rings (SSSR count). The minimum absolute atomic E-state index is 0.0666. The molecule has 0 fully saturated rings. The summed E-state index contributed by atoms with van der Waals surface area (Å²) in [4.78, 5) is 24.9. The molecule has 9 nitrogen and oxygen atoms in total. The van der Waals surface area contributed by atoms with Crippen molar-refractivity contribution in [1.29, 1.82) is 0 Å². The maximum Gasteiger partial charge on any atom is 0.340 e. The number of carbonyl (C=O) groups excluding carboxylic acids is 1. The van der Waals surface area contributed by atoms with Crippen LogP contribution in [0.25, 0.3) is 31.7 Å². The molecule has 1 aromatic carbocycles. The zero-order chi connectivity index (χ0) is 20.5. The summed E-state index contributed by atoms with van der Waals surface area (Å²) in [6, 6.07) is 7.48. The van der Waals surface area contributed by atoms with Crippen molar-refractivity contribution in [2.45, 2.75) is 6.92 Å². The van der Waals surface area contributed by atoms with Gasteiger partial charge < -0.3 is 9.26 Å². The smallest absolute Gasteiger partial charge is 0.340 e. The van der Waals surface area contributed by atoms with Gasteiger partial charge in [0.1, 0.15) is 5.75 Å². The predicted octanol–water partition coefficient (Wildman–Crippen LogP) is 3.79. The number of nitrogens with one attached hydrogen (secondary N) is 2. The van der Waals surface area contributed by atoms with E-state index in [-0.39, 0.29) is 18.5 Å². The number of anilines is 1. The van der Waals surface area contributed by atoms with Crippen LogP contribution in [0.5, 0.6) is 5.75 Å². The number of hydrazine groups is 1. The van der Waals surface area contributed by atoms with Gasteiger partial charge in [0.15, 0.2) is 6.61 Å². The number of fused-ring (bicyclic) bond motifs is 3. The SMILES string of the molecule is Cc1nc2c(cc(OCC(=O)NNc3nc(-c4ccncc4)no3)c3ccsc32)s1. The van der Waals surface area contributed by atoms with Crippen LogP contribution < -0.4 is 15.6 Å². The van der Waals surface area contributed by atoms with Crippen LogP contribution in [0.2, 0.25) is 0 Å². The molecule has 0 saturated carbocycles. The van der Waals surface area contributed by atoms with Gasteiger partial charge in [0, 0.05) is 29.4 Å². The zero-order valence-corrected chi connectivity index (χ0v) is 17.2. The first-order valence-corrected chi connectivity index (χ1v) is 10.6. The van der Waals surface area contributed by atoms with Crippen LogP contribution in [0.15, 0.2) is 46.6 Å². The summed E-state index contributed by atoms with van der Waals surface area (Å²) in [6.45, 7) is 1.80. The Kier molecular flexibility index (Phi) is 4.73. The topological polar surface area (TPSA) is 115 Å². The number of pyridine rings is 1. The molecule has 0 aliphatic rings. The molecule has 150 valence electrons. The average molecular weight is 438 g/mol. The van der Waals surface area contributed by atoms with Gasteiger partial charge in [-0.2, -0.15) is 4.98 Å². The van der Waals surface area contributed by atoms with Gasteiger partial charge in [-0.3, -0.25) is 15.2 Å². The number of thiazole rings is 1. The van der Waals surface area contributed by atoms with E-state index in [1.165, 1.54) is 0 Å². The van der Waals surface area contributed by atoms with Gasteiger partial charge in [0.05, 0.1) is 19.9 Å². The summed E-state index contributed by atoms with van der Waals surface area (Å²) in [5.74, 6) is 0.649. The average Bonchev–Trinajstić information content (AvgIpc) is 3.49. The lowest BCUT2D eigenvalue weighted by Gasteiger charge is -2.08. The molecule has 4 heterocycles. The molecule has 2 N–H and O–H groups in total. The minimum Gasteiger partial charge on any atom is -0.483 e. The van der Waals surface area contributed by atoms with Crippen molar-refractivity contribution in [2.75, 3.05) is 12.0 Å². The minimum atomic E-state index is -0.386. The molecule has 4 aromatic heterocycles. The molecule has 0 spiro atoms. The van der Waals surface area contributed by atoms with Crippen LogP contribution in [0.1, 0.15) is 5.01 Å². The lowest BCUT2D eigenvalue weighted by molar-refractivity contribution is -0.122. The lowest BCUT2D eigenvalue weighted by Crippen LogP contribution is -2.33. The Bertz CT molecular complexity index is 1340. The molecule has 1 amide bonds. The summed E-state index contributed by atoms with van der Waals surface area (Å²) < 4.78 is 12.9. The highest BCUT2D eigenvalue weighted by molar-refractivity contribution is 7.21. The standard InChI is InChI=1S/C19H14N6O3S2/c1-10-21-16-14(30-10)8-13(12-4-7-29-17(12)16)27-9-15(26)23-24-19-22-18(25-28-19)11-2-5-20-6-3-11/h2-8H,9H2,1H3,(H,23,26)(H,22,24,25). The summed E-state index contributed by atoms with van der Waals surface area (Å²) >= 11 is 3.20. The van der Waals surface area contributed by atoms with Gasteiger partial charge >= 0.3 is 6.01 Å². The van der Waals surface area contributed by atoms with Crippen LogP contribution in [0.4, 0.5) is 6.01 Å². The number of amides is 1. The van der Waals surface area contributed by atoms with E-state index in [1.807, 2.05) is 24.4 Å². The molecule has 0 bridgehead atoms. The van der Waals surface area contributed by atoms with Gasteiger partial charge in [-0.15, -0.1) is 22.7 Å². The van der Waals surface area contributed by atoms with Crippen molar-refractivity contribution in [3.05, 3.63) is 47.0 Å². The number of aromatic nitrogens is 4. The largest absolute Gasteiger partial charge is 0.483 e. The molecule has 0 aliphatic heterocycles. The Morgan fingerprint density at radius 1 is 1.23 bits per heavy atom. The van der Waals surface area contributed by atoms with Crippen molar-refractivity contribution in [3.8, 4) is 17.1 Å². The van der Waals surface area contributed by atoms with E-state index in [4.69, 9.17) is 9.26 Å². The molecular formula is C19H14N6O3S2. The van der Waals surface area contributed by atoms with Crippen LogP contribution in [-0.2, 0) is 4.79 Å². The Labute approximate surface area is 177 Å². The zero-order valence-electron chi connectivity index (χ0n) is 15.6. The molecular weight excluding hydrogens is 424 g/mol. The highest BCUT2D eigenvalue weighted by Crippen LogP contribution is 2.38. The highest BCUT2D eigenvalue weighted by Gasteiger charge is 2.14. The Hall–Kier alpha value is -3.57. The van der Waals surface area contributed by atoms with Crippen molar-refractivity contribution < 1.29 is 14.1 Å². The Morgan fingerprint density at radius 3 is 2.97 bits per heavy atom. The van der Waals surface area contributed by atoms with Crippen molar-refractivity contribution in [1.82, 2.24) is 25.5 Å². The second kappa shape index (κ2) is 7.69. The summed E-state index contributed by atoms with van der Waals surface area (Å²) in [6.07, 6.45) is 3.26. The molecule has 0 atom stereocenters. The Morgan fingerprint density at radius 2 is 2.10 bits per heavy atom. The summed E-state index contributed by atoms with van der Waals surface area (Å²) in [5.41, 5.74) is 6.81. The first-order chi connectivity index (χ1) is 14.7. The third kappa shape index (κ3) is 3.55. The van der Waals surface area contributed by atoms with Crippen molar-refractivity contribution in [2.24, 2.45) is 0 Å². The molecule has 0 radical (unpaired) electrons. The molecule has 0 saturated heterocycles. The molecule has 30 heavy (non-hydrogen) atoms. The lowest BCUT2D eigenvalue weighted by atomic mass is 10.2. The summed E-state index contributed by atoms with van der Waals surface area (Å²) in [7, 11) is 0. The van der Waals surface area contributed by atoms with E-state index < -0.39 is 0 Å².